The molecular weight excluding hydrogens is 362 g/mol. The molecule has 2 aromatic rings. The van der Waals surface area contributed by atoms with Crippen LogP contribution in [-0.4, -0.2) is 33.7 Å². The Bertz CT molecular complexity index is 894. The van der Waals surface area contributed by atoms with E-state index in [1.54, 1.807) is 33.8 Å². The van der Waals surface area contributed by atoms with Crippen LogP contribution in [0.1, 0.15) is 63.5 Å². The van der Waals surface area contributed by atoms with Gasteiger partial charge in [-0.25, -0.2) is 0 Å². The topological polar surface area (TPSA) is 125 Å². The summed E-state index contributed by atoms with van der Waals surface area (Å²) in [5.41, 5.74) is 0.0489. The summed E-state index contributed by atoms with van der Waals surface area (Å²) in [6.07, 6.45) is 0. The summed E-state index contributed by atoms with van der Waals surface area (Å²) < 4.78 is 5.35. The number of benzene rings is 1. The zero-order valence-corrected chi connectivity index (χ0v) is 17.0. The molecule has 4 N–H and O–H groups in total. The quantitative estimate of drug-likeness (QED) is 0.619. The Hall–Kier alpha value is -3.03. The Morgan fingerprint density at radius 2 is 1.82 bits per heavy atom. The van der Waals surface area contributed by atoms with Gasteiger partial charge in [-0.05, 0) is 24.5 Å². The standard InChI is InChI=1S/C20H27N3O5/c1-7-21-18(26)16-15(22-19(27)20(4,5)6)17(28-23-16)12-8-11(10(2)3)13(24)9-14(12)25/h8-10,24-25H,7H2,1-6H3,(H,21,26)(H,22,27). The lowest BCUT2D eigenvalue weighted by atomic mass is 9.94. The lowest BCUT2D eigenvalue weighted by Gasteiger charge is -2.18. The first-order valence-electron chi connectivity index (χ1n) is 9.12. The van der Waals surface area contributed by atoms with Crippen molar-refractivity contribution in [1.82, 2.24) is 10.5 Å². The van der Waals surface area contributed by atoms with E-state index in [0.717, 1.165) is 0 Å². The van der Waals surface area contributed by atoms with Crippen molar-refractivity contribution in [3.63, 3.8) is 0 Å². The minimum atomic E-state index is -0.729. The number of hydrogen-bond donors (Lipinski definition) is 4. The highest BCUT2D eigenvalue weighted by Crippen LogP contribution is 2.42. The summed E-state index contributed by atoms with van der Waals surface area (Å²) in [6, 6.07) is 2.76. The fraction of sp³-hybridized carbons (Fsp3) is 0.450. The molecule has 1 heterocycles. The van der Waals surface area contributed by atoms with Crippen molar-refractivity contribution >= 4 is 17.5 Å². The second-order valence-electron chi connectivity index (χ2n) is 7.88. The molecule has 0 aliphatic rings. The normalized spacial score (nSPS) is 11.5. The number of aromatic nitrogens is 1. The van der Waals surface area contributed by atoms with E-state index in [-0.39, 0.29) is 46.0 Å². The van der Waals surface area contributed by atoms with Crippen molar-refractivity contribution in [2.75, 3.05) is 11.9 Å². The SMILES string of the molecule is CCNC(=O)c1noc(-c2cc(C(C)C)c(O)cc2O)c1NC(=O)C(C)(C)C. The van der Waals surface area contributed by atoms with Gasteiger partial charge in [0.15, 0.2) is 11.5 Å². The van der Waals surface area contributed by atoms with E-state index in [0.29, 0.717) is 12.1 Å². The number of phenolic OH excluding ortho intramolecular Hbond substituents is 2. The van der Waals surface area contributed by atoms with Gasteiger partial charge in [-0.2, -0.15) is 0 Å². The molecule has 0 aliphatic carbocycles. The summed E-state index contributed by atoms with van der Waals surface area (Å²) in [4.78, 5) is 24.9. The summed E-state index contributed by atoms with van der Waals surface area (Å²) >= 11 is 0. The van der Waals surface area contributed by atoms with Crippen molar-refractivity contribution in [3.8, 4) is 22.8 Å². The van der Waals surface area contributed by atoms with E-state index in [1.807, 2.05) is 13.8 Å². The maximum atomic E-state index is 12.5. The summed E-state index contributed by atoms with van der Waals surface area (Å²) in [6.45, 7) is 11.1. The molecule has 0 saturated carbocycles. The number of aromatic hydroxyl groups is 2. The monoisotopic (exact) mass is 389 g/mol. The second-order valence-corrected chi connectivity index (χ2v) is 7.88. The highest BCUT2D eigenvalue weighted by atomic mass is 16.5. The van der Waals surface area contributed by atoms with Gasteiger partial charge >= 0.3 is 0 Å². The highest BCUT2D eigenvalue weighted by molar-refractivity contribution is 6.06. The van der Waals surface area contributed by atoms with E-state index >= 15 is 0 Å². The van der Waals surface area contributed by atoms with Gasteiger partial charge in [0.05, 0.1) is 5.56 Å². The molecule has 2 rings (SSSR count). The molecule has 152 valence electrons. The van der Waals surface area contributed by atoms with Gasteiger partial charge in [0.25, 0.3) is 5.91 Å². The maximum absolute atomic E-state index is 12.5. The molecule has 28 heavy (non-hydrogen) atoms. The van der Waals surface area contributed by atoms with Gasteiger partial charge in [0.1, 0.15) is 17.2 Å². The zero-order chi connectivity index (χ0) is 21.2. The van der Waals surface area contributed by atoms with Crippen molar-refractivity contribution < 1.29 is 24.3 Å². The lowest BCUT2D eigenvalue weighted by molar-refractivity contribution is -0.123. The first-order chi connectivity index (χ1) is 13.0. The van der Waals surface area contributed by atoms with E-state index in [9.17, 15) is 19.8 Å². The molecule has 8 heteroatoms. The molecule has 0 fully saturated rings. The number of nitrogens with one attached hydrogen (secondary N) is 2. The van der Waals surface area contributed by atoms with Gasteiger partial charge in [0.2, 0.25) is 5.91 Å². The van der Waals surface area contributed by atoms with E-state index in [2.05, 4.69) is 15.8 Å². The third kappa shape index (κ3) is 4.27. The van der Waals surface area contributed by atoms with Crippen LogP contribution in [-0.2, 0) is 4.79 Å². The third-order valence-corrected chi connectivity index (χ3v) is 4.18. The molecule has 1 aromatic carbocycles. The number of nitrogens with zero attached hydrogens (tertiary/aromatic N) is 1. The summed E-state index contributed by atoms with van der Waals surface area (Å²) in [7, 11) is 0. The molecule has 0 bridgehead atoms. The minimum absolute atomic E-state index is 0.0299. The molecule has 0 unspecified atom stereocenters. The number of rotatable bonds is 5. The van der Waals surface area contributed by atoms with Crippen LogP contribution in [0.5, 0.6) is 11.5 Å². The third-order valence-electron chi connectivity index (χ3n) is 4.18. The summed E-state index contributed by atoms with van der Waals surface area (Å²) in [5, 5.41) is 29.6. The smallest absolute Gasteiger partial charge is 0.275 e. The van der Waals surface area contributed by atoms with Crippen LogP contribution in [0.3, 0.4) is 0 Å². The van der Waals surface area contributed by atoms with E-state index in [1.165, 1.54) is 6.07 Å². The van der Waals surface area contributed by atoms with Gasteiger partial charge in [-0.15, -0.1) is 0 Å². The average molecular weight is 389 g/mol. The number of amides is 2. The summed E-state index contributed by atoms with van der Waals surface area (Å²) in [5.74, 6) is -1.16. The van der Waals surface area contributed by atoms with Crippen LogP contribution in [0.2, 0.25) is 0 Å². The van der Waals surface area contributed by atoms with Crippen LogP contribution < -0.4 is 10.6 Å². The molecule has 0 radical (unpaired) electrons. The Morgan fingerprint density at radius 3 is 2.36 bits per heavy atom. The Balaban J connectivity index is 2.66. The number of anilines is 1. The highest BCUT2D eigenvalue weighted by Gasteiger charge is 2.30. The fourth-order valence-corrected chi connectivity index (χ4v) is 2.53. The van der Waals surface area contributed by atoms with Gasteiger partial charge in [-0.1, -0.05) is 39.8 Å². The zero-order valence-electron chi connectivity index (χ0n) is 17.0. The van der Waals surface area contributed by atoms with Crippen LogP contribution in [0.4, 0.5) is 5.69 Å². The van der Waals surface area contributed by atoms with Gasteiger partial charge < -0.3 is 25.4 Å². The fourth-order valence-electron chi connectivity index (χ4n) is 2.53. The van der Waals surface area contributed by atoms with Crippen LogP contribution in [0.15, 0.2) is 16.7 Å². The molecule has 8 nitrogen and oxygen atoms in total. The van der Waals surface area contributed by atoms with Crippen molar-refractivity contribution in [3.05, 3.63) is 23.4 Å². The molecule has 0 saturated heterocycles. The van der Waals surface area contributed by atoms with Crippen LogP contribution >= 0.6 is 0 Å². The van der Waals surface area contributed by atoms with Crippen molar-refractivity contribution in [1.29, 1.82) is 0 Å². The van der Waals surface area contributed by atoms with Crippen molar-refractivity contribution in [2.24, 2.45) is 5.41 Å². The first-order valence-corrected chi connectivity index (χ1v) is 9.12. The van der Waals surface area contributed by atoms with Gasteiger partial charge in [-0.3, -0.25) is 9.59 Å². The molecular formula is C20H27N3O5. The van der Waals surface area contributed by atoms with Crippen LogP contribution in [0, 0.1) is 5.41 Å². The minimum Gasteiger partial charge on any atom is -0.508 e. The number of carbonyl (C=O) groups is 2. The maximum Gasteiger partial charge on any atom is 0.275 e. The lowest BCUT2D eigenvalue weighted by Crippen LogP contribution is -2.30. The van der Waals surface area contributed by atoms with E-state index < -0.39 is 11.3 Å². The number of carbonyl (C=O) groups excluding carboxylic acids is 2. The Kier molecular flexibility index (Phi) is 6.01. The van der Waals surface area contributed by atoms with Crippen molar-refractivity contribution in [2.45, 2.75) is 47.5 Å². The Morgan fingerprint density at radius 1 is 1.18 bits per heavy atom. The molecule has 2 amide bonds. The van der Waals surface area contributed by atoms with Crippen LogP contribution in [0.25, 0.3) is 11.3 Å². The average Bonchev–Trinajstić information content (AvgIpc) is 2.97. The molecule has 1 aromatic heterocycles. The molecule has 0 spiro atoms. The van der Waals surface area contributed by atoms with E-state index in [4.69, 9.17) is 4.52 Å². The second kappa shape index (κ2) is 7.92. The number of phenols is 2. The largest absolute Gasteiger partial charge is 0.508 e. The predicted octanol–water partition coefficient (Wildman–Crippen LogP) is 3.61. The molecule has 0 aliphatic heterocycles. The predicted molar refractivity (Wildman–Crippen MR) is 105 cm³/mol. The number of hydrogen-bond acceptors (Lipinski definition) is 6. The van der Waals surface area contributed by atoms with Gasteiger partial charge in [0, 0.05) is 18.0 Å². The first kappa shape index (κ1) is 21.3. The Labute approximate surface area is 163 Å². The molecule has 0 atom stereocenters.